The molecule has 28 heavy (non-hydrogen) atoms. The van der Waals surface area contributed by atoms with Gasteiger partial charge in [0.15, 0.2) is 0 Å². The standard InChI is InChI=1S/C18H19F3N2O4S/c1-23(27-2)28(25,26)15-9-7-14(8-10-15)17(24)22-12-11-13-5-3-4-6-16(13)18(19,20)21/h3-10H,11-12H2,1-2H3,(H,22,24). The normalized spacial score (nSPS) is 12.2. The SMILES string of the molecule is CON(C)S(=O)(=O)c1ccc(C(=O)NCCc2ccccc2C(F)(F)F)cc1. The van der Waals surface area contributed by atoms with Crippen molar-refractivity contribution in [1.82, 2.24) is 9.79 Å². The van der Waals surface area contributed by atoms with Crippen molar-refractivity contribution in [3.8, 4) is 0 Å². The van der Waals surface area contributed by atoms with Gasteiger partial charge in [-0.1, -0.05) is 22.7 Å². The molecule has 0 aliphatic heterocycles. The monoisotopic (exact) mass is 416 g/mol. The molecule has 0 unspecified atom stereocenters. The van der Waals surface area contributed by atoms with Gasteiger partial charge in [0.05, 0.1) is 17.6 Å². The van der Waals surface area contributed by atoms with Crippen LogP contribution in [0.1, 0.15) is 21.5 Å². The van der Waals surface area contributed by atoms with Crippen LogP contribution in [0.4, 0.5) is 13.2 Å². The minimum Gasteiger partial charge on any atom is -0.352 e. The number of hydroxylamine groups is 1. The highest BCUT2D eigenvalue weighted by Crippen LogP contribution is 2.31. The van der Waals surface area contributed by atoms with E-state index in [-0.39, 0.29) is 29.0 Å². The van der Waals surface area contributed by atoms with E-state index in [0.717, 1.165) is 6.07 Å². The van der Waals surface area contributed by atoms with E-state index in [4.69, 9.17) is 0 Å². The van der Waals surface area contributed by atoms with Gasteiger partial charge in [0.25, 0.3) is 15.9 Å². The maximum Gasteiger partial charge on any atom is 0.416 e. The van der Waals surface area contributed by atoms with E-state index in [0.29, 0.717) is 4.47 Å². The smallest absolute Gasteiger partial charge is 0.352 e. The zero-order chi connectivity index (χ0) is 20.9. The molecule has 0 aliphatic rings. The molecule has 0 saturated heterocycles. The second-order valence-corrected chi connectivity index (χ2v) is 7.72. The van der Waals surface area contributed by atoms with Crippen molar-refractivity contribution in [2.75, 3.05) is 20.7 Å². The Morgan fingerprint density at radius 2 is 1.71 bits per heavy atom. The van der Waals surface area contributed by atoms with E-state index in [2.05, 4.69) is 10.2 Å². The summed E-state index contributed by atoms with van der Waals surface area (Å²) in [6.45, 7) is -0.00160. The van der Waals surface area contributed by atoms with Crippen LogP contribution in [0.2, 0.25) is 0 Å². The van der Waals surface area contributed by atoms with Gasteiger partial charge in [-0.05, 0) is 42.3 Å². The molecule has 0 aliphatic carbocycles. The van der Waals surface area contributed by atoms with Crippen LogP contribution in [0.3, 0.4) is 0 Å². The predicted octanol–water partition coefficient (Wildman–Crippen LogP) is 2.86. The minimum absolute atomic E-state index is 0.00160. The maximum absolute atomic E-state index is 13.0. The van der Waals surface area contributed by atoms with Crippen LogP contribution in [0.15, 0.2) is 53.4 Å². The lowest BCUT2D eigenvalue weighted by atomic mass is 10.0. The molecule has 0 atom stereocenters. The number of alkyl halides is 3. The van der Waals surface area contributed by atoms with Crippen LogP contribution in [0, 0.1) is 0 Å². The highest BCUT2D eigenvalue weighted by molar-refractivity contribution is 7.89. The number of benzene rings is 2. The van der Waals surface area contributed by atoms with Crippen LogP contribution in [-0.4, -0.2) is 39.5 Å². The number of halogens is 3. The number of carbonyl (C=O) groups is 1. The number of rotatable bonds is 7. The van der Waals surface area contributed by atoms with Crippen LogP contribution >= 0.6 is 0 Å². The quantitative estimate of drug-likeness (QED) is 0.705. The number of hydrogen-bond donors (Lipinski definition) is 1. The van der Waals surface area contributed by atoms with Crippen molar-refractivity contribution >= 4 is 15.9 Å². The molecule has 0 radical (unpaired) electrons. The molecule has 6 nitrogen and oxygen atoms in total. The Bertz CT molecular complexity index is 929. The van der Waals surface area contributed by atoms with Crippen molar-refractivity contribution in [1.29, 1.82) is 0 Å². The minimum atomic E-state index is -4.46. The molecular weight excluding hydrogens is 397 g/mol. The Morgan fingerprint density at radius 3 is 2.29 bits per heavy atom. The number of nitrogens with zero attached hydrogens (tertiary/aromatic N) is 1. The lowest BCUT2D eigenvalue weighted by molar-refractivity contribution is -0.138. The third-order valence-electron chi connectivity index (χ3n) is 4.01. The second-order valence-electron chi connectivity index (χ2n) is 5.78. The first kappa shape index (κ1) is 21.9. The lowest BCUT2D eigenvalue weighted by Gasteiger charge is -2.14. The molecule has 0 spiro atoms. The van der Waals surface area contributed by atoms with E-state index in [1.165, 1.54) is 56.6 Å². The molecule has 0 fully saturated rings. The van der Waals surface area contributed by atoms with Crippen molar-refractivity contribution in [2.45, 2.75) is 17.5 Å². The fraction of sp³-hybridized carbons (Fsp3) is 0.278. The fourth-order valence-electron chi connectivity index (χ4n) is 2.45. The van der Waals surface area contributed by atoms with Crippen molar-refractivity contribution in [3.05, 3.63) is 65.2 Å². The van der Waals surface area contributed by atoms with Crippen molar-refractivity contribution < 1.29 is 31.2 Å². The molecule has 0 aromatic heterocycles. The van der Waals surface area contributed by atoms with Gasteiger partial charge in [-0.15, -0.1) is 0 Å². The average molecular weight is 416 g/mol. The summed E-state index contributed by atoms with van der Waals surface area (Å²) in [5.41, 5.74) is -0.469. The second kappa shape index (κ2) is 8.72. The van der Waals surface area contributed by atoms with Gasteiger partial charge >= 0.3 is 6.18 Å². The molecule has 2 aromatic rings. The third kappa shape index (κ3) is 5.09. The van der Waals surface area contributed by atoms with E-state index in [1.54, 1.807) is 0 Å². The first-order chi connectivity index (χ1) is 13.1. The molecule has 0 heterocycles. The number of sulfonamides is 1. The van der Waals surface area contributed by atoms with Gasteiger partial charge in [0, 0.05) is 19.2 Å². The number of carbonyl (C=O) groups excluding carboxylic acids is 1. The highest BCUT2D eigenvalue weighted by atomic mass is 32.2. The van der Waals surface area contributed by atoms with Gasteiger partial charge < -0.3 is 5.32 Å². The predicted molar refractivity (Wildman–Crippen MR) is 95.9 cm³/mol. The van der Waals surface area contributed by atoms with Crippen LogP contribution in [0.5, 0.6) is 0 Å². The first-order valence-corrected chi connectivity index (χ1v) is 9.58. The van der Waals surface area contributed by atoms with Crippen molar-refractivity contribution in [2.24, 2.45) is 0 Å². The van der Waals surface area contributed by atoms with E-state index < -0.39 is 27.7 Å². The Balaban J connectivity index is 2.02. The number of amides is 1. The van der Waals surface area contributed by atoms with Crippen molar-refractivity contribution in [3.63, 3.8) is 0 Å². The molecule has 0 bridgehead atoms. The van der Waals surface area contributed by atoms with Crippen LogP contribution in [-0.2, 0) is 27.5 Å². The molecule has 152 valence electrons. The molecule has 0 saturated carbocycles. The van der Waals surface area contributed by atoms with E-state index in [1.807, 2.05) is 0 Å². The van der Waals surface area contributed by atoms with Crippen LogP contribution in [0.25, 0.3) is 0 Å². The summed E-state index contributed by atoms with van der Waals surface area (Å²) in [5.74, 6) is -0.520. The summed E-state index contributed by atoms with van der Waals surface area (Å²) in [7, 11) is -1.39. The van der Waals surface area contributed by atoms with Gasteiger partial charge in [-0.2, -0.15) is 13.2 Å². The van der Waals surface area contributed by atoms with Gasteiger partial charge in [0.2, 0.25) is 0 Å². The molecular formula is C18H19F3N2O4S. The molecule has 1 amide bonds. The van der Waals surface area contributed by atoms with Gasteiger partial charge in [0.1, 0.15) is 0 Å². The summed E-state index contributed by atoms with van der Waals surface area (Å²) in [6.07, 6.45) is -4.45. The number of nitrogens with one attached hydrogen (secondary N) is 1. The Morgan fingerprint density at radius 1 is 1.11 bits per heavy atom. The summed E-state index contributed by atoms with van der Waals surface area (Å²) in [4.78, 5) is 16.7. The average Bonchev–Trinajstić information content (AvgIpc) is 2.66. The van der Waals surface area contributed by atoms with Crippen LogP contribution < -0.4 is 5.32 Å². The summed E-state index contributed by atoms with van der Waals surface area (Å²) < 4.78 is 63.8. The Kier molecular flexibility index (Phi) is 6.81. The Hall–Kier alpha value is -2.43. The fourth-order valence-corrected chi connectivity index (χ4v) is 3.43. The molecule has 10 heteroatoms. The molecule has 1 N–H and O–H groups in total. The lowest BCUT2D eigenvalue weighted by Crippen LogP contribution is -2.27. The maximum atomic E-state index is 13.0. The van der Waals surface area contributed by atoms with E-state index in [9.17, 15) is 26.4 Å². The summed E-state index contributed by atoms with van der Waals surface area (Å²) in [5, 5.41) is 2.53. The molecule has 2 rings (SSSR count). The topological polar surface area (TPSA) is 75.7 Å². The van der Waals surface area contributed by atoms with Gasteiger partial charge in [-0.25, -0.2) is 8.42 Å². The third-order valence-corrected chi connectivity index (χ3v) is 5.71. The largest absolute Gasteiger partial charge is 0.416 e. The summed E-state index contributed by atoms with van der Waals surface area (Å²) in [6, 6.07) is 10.3. The first-order valence-electron chi connectivity index (χ1n) is 8.13. The highest BCUT2D eigenvalue weighted by Gasteiger charge is 2.32. The van der Waals surface area contributed by atoms with E-state index >= 15 is 0 Å². The number of hydrogen-bond acceptors (Lipinski definition) is 4. The molecule has 2 aromatic carbocycles. The Labute approximate surface area is 160 Å². The summed E-state index contributed by atoms with van der Waals surface area (Å²) >= 11 is 0. The van der Waals surface area contributed by atoms with Gasteiger partial charge in [-0.3, -0.25) is 9.63 Å². The zero-order valence-corrected chi connectivity index (χ0v) is 16.0. The zero-order valence-electron chi connectivity index (χ0n) is 15.2.